The molecule has 3 aliphatic heterocycles. The first-order chi connectivity index (χ1) is 23.2. The Morgan fingerprint density at radius 1 is 1.06 bits per heavy atom. The summed E-state index contributed by atoms with van der Waals surface area (Å²) in [5.74, 6) is 1.06. The molecule has 48 heavy (non-hydrogen) atoms. The van der Waals surface area contributed by atoms with E-state index in [0.29, 0.717) is 65.0 Å². The van der Waals surface area contributed by atoms with Crippen LogP contribution in [0.25, 0.3) is 0 Å². The second-order valence-electron chi connectivity index (χ2n) is 13.0. The summed E-state index contributed by atoms with van der Waals surface area (Å²) in [6.07, 6.45) is 5.44. The van der Waals surface area contributed by atoms with Crippen molar-refractivity contribution in [3.63, 3.8) is 0 Å². The molecule has 256 valence electrons. The molecule has 1 aromatic heterocycles. The minimum absolute atomic E-state index is 0.238. The lowest BCUT2D eigenvalue weighted by Gasteiger charge is -2.44. The molecule has 3 aromatic rings. The van der Waals surface area contributed by atoms with Crippen LogP contribution in [0, 0.1) is 12.7 Å². The Morgan fingerprint density at radius 2 is 1.83 bits per heavy atom. The maximum absolute atomic E-state index is 15.1. The molecule has 0 radical (unpaired) electrons. The molecule has 0 saturated carbocycles. The Kier molecular flexibility index (Phi) is 10.4. The molecule has 2 aromatic carbocycles. The van der Waals surface area contributed by atoms with Crippen LogP contribution in [0.5, 0.6) is 5.75 Å². The molecular weight excluding hydrogens is 611 g/mol. The normalized spacial score (nSPS) is 19.5. The van der Waals surface area contributed by atoms with E-state index in [1.807, 2.05) is 18.2 Å². The van der Waals surface area contributed by atoms with Gasteiger partial charge in [-0.15, -0.1) is 0 Å². The summed E-state index contributed by atoms with van der Waals surface area (Å²) in [4.78, 5) is 34.9. The number of piperazine rings is 1. The van der Waals surface area contributed by atoms with E-state index in [1.54, 1.807) is 37.3 Å². The van der Waals surface area contributed by atoms with Crippen molar-refractivity contribution in [1.82, 2.24) is 19.8 Å². The van der Waals surface area contributed by atoms with Crippen molar-refractivity contribution >= 4 is 34.6 Å². The fraction of sp³-hybridized carbons (Fsp3) is 0.472. The van der Waals surface area contributed by atoms with Crippen LogP contribution in [0.2, 0.25) is 0 Å². The van der Waals surface area contributed by atoms with Gasteiger partial charge < -0.3 is 20.3 Å². The highest BCUT2D eigenvalue weighted by molar-refractivity contribution is 6.02. The largest absolute Gasteiger partial charge is 0.494 e. The van der Waals surface area contributed by atoms with Gasteiger partial charge in [-0.25, -0.2) is 19.4 Å². The highest BCUT2D eigenvalue weighted by atomic mass is 19.1. The van der Waals surface area contributed by atoms with Crippen molar-refractivity contribution in [3.8, 4) is 5.75 Å². The van der Waals surface area contributed by atoms with Crippen molar-refractivity contribution < 1.29 is 18.8 Å². The summed E-state index contributed by atoms with van der Waals surface area (Å²) in [6.45, 7) is 16.6. The molecule has 6 rings (SSSR count). The monoisotopic (exact) mass is 658 g/mol. The second kappa shape index (κ2) is 14.9. The lowest BCUT2D eigenvalue weighted by atomic mass is 10.0. The van der Waals surface area contributed by atoms with Crippen LogP contribution in [0.15, 0.2) is 55.4 Å². The van der Waals surface area contributed by atoms with Gasteiger partial charge in [-0.2, -0.15) is 0 Å². The first-order valence-corrected chi connectivity index (χ1v) is 16.9. The Hall–Kier alpha value is -4.26. The third kappa shape index (κ3) is 7.25. The van der Waals surface area contributed by atoms with Crippen LogP contribution in [-0.2, 0) is 9.63 Å². The maximum atomic E-state index is 15.1. The number of benzene rings is 2. The molecule has 4 heterocycles. The van der Waals surface area contributed by atoms with Crippen LogP contribution in [0.3, 0.4) is 0 Å². The summed E-state index contributed by atoms with van der Waals surface area (Å²) in [7, 11) is 1.62. The predicted octanol–water partition coefficient (Wildman–Crippen LogP) is 5.68. The second-order valence-corrected chi connectivity index (χ2v) is 13.0. The van der Waals surface area contributed by atoms with Gasteiger partial charge >= 0.3 is 0 Å². The standard InChI is InChI=1S/C36H47FN8O3/c1-6-35(46)41-28-20-29(32(47-5)21-31(28)44-13-10-26(11-14-44)43-17-15-42(16-18-43)24(2)3)40-33-22-34(39-23-38-33)45-30(12-19-48-45)27-9-7-8-25(4)36(27)37/h6-9,20-24,26,30H,1,10-19H2,2-5H3,(H,41,46)(H,38,39,40)/t30-/m1/s1. The van der Waals surface area contributed by atoms with Crippen LogP contribution in [-0.4, -0.2) is 90.7 Å². The molecule has 1 atom stereocenters. The number of nitrogens with zero attached hydrogens (tertiary/aromatic N) is 6. The van der Waals surface area contributed by atoms with Crippen LogP contribution in [0.1, 0.15) is 50.3 Å². The number of halogens is 1. The van der Waals surface area contributed by atoms with E-state index in [-0.39, 0.29) is 17.8 Å². The number of aryl methyl sites for hydroxylation is 1. The third-order valence-electron chi connectivity index (χ3n) is 9.79. The summed E-state index contributed by atoms with van der Waals surface area (Å²) >= 11 is 0. The summed E-state index contributed by atoms with van der Waals surface area (Å²) in [5, 5.41) is 8.00. The van der Waals surface area contributed by atoms with Gasteiger partial charge in [0.2, 0.25) is 5.91 Å². The Balaban J connectivity index is 1.21. The van der Waals surface area contributed by atoms with E-state index in [2.05, 4.69) is 55.7 Å². The number of anilines is 5. The zero-order chi connectivity index (χ0) is 33.8. The number of carbonyl (C=O) groups is 1. The lowest BCUT2D eigenvalue weighted by molar-refractivity contribution is -0.111. The van der Waals surface area contributed by atoms with E-state index in [9.17, 15) is 4.79 Å². The molecular formula is C36H47FN8O3. The van der Waals surface area contributed by atoms with Crippen LogP contribution in [0.4, 0.5) is 33.1 Å². The molecule has 12 heteroatoms. The molecule has 1 amide bonds. The number of rotatable bonds is 10. The fourth-order valence-electron chi connectivity index (χ4n) is 7.05. The SMILES string of the molecule is C=CC(=O)Nc1cc(Nc2cc(N3OCC[C@@H]3c3cccc(C)c3F)ncn2)c(OC)cc1N1CCC(N2CCN(C(C)C)CC2)CC1. The van der Waals surface area contributed by atoms with Gasteiger partial charge in [0.1, 0.15) is 23.7 Å². The van der Waals surface area contributed by atoms with E-state index < -0.39 is 0 Å². The van der Waals surface area contributed by atoms with E-state index in [0.717, 1.165) is 57.8 Å². The number of nitrogens with one attached hydrogen (secondary N) is 2. The number of hydrogen-bond acceptors (Lipinski definition) is 10. The molecule has 0 unspecified atom stereocenters. The average molecular weight is 659 g/mol. The highest BCUT2D eigenvalue weighted by Gasteiger charge is 2.32. The predicted molar refractivity (Wildman–Crippen MR) is 188 cm³/mol. The summed E-state index contributed by atoms with van der Waals surface area (Å²) in [5.41, 5.74) is 3.32. The van der Waals surface area contributed by atoms with Crippen molar-refractivity contribution in [2.75, 3.05) is 73.6 Å². The molecule has 3 fully saturated rings. The van der Waals surface area contributed by atoms with Gasteiger partial charge in [0.05, 0.1) is 36.8 Å². The zero-order valence-electron chi connectivity index (χ0n) is 28.4. The molecule has 11 nitrogen and oxygen atoms in total. The van der Waals surface area contributed by atoms with Crippen molar-refractivity contribution in [3.05, 3.63) is 72.3 Å². The highest BCUT2D eigenvalue weighted by Crippen LogP contribution is 2.41. The number of piperidine rings is 1. The lowest BCUT2D eigenvalue weighted by Crippen LogP contribution is -2.54. The van der Waals surface area contributed by atoms with E-state index >= 15 is 4.39 Å². The maximum Gasteiger partial charge on any atom is 0.247 e. The number of aromatic nitrogens is 2. The van der Waals surface area contributed by atoms with Crippen LogP contribution < -0.4 is 25.3 Å². The fourth-order valence-corrected chi connectivity index (χ4v) is 7.05. The van der Waals surface area contributed by atoms with Crippen LogP contribution >= 0.6 is 0 Å². The summed E-state index contributed by atoms with van der Waals surface area (Å²) < 4.78 is 20.9. The van der Waals surface area contributed by atoms with Gasteiger partial charge in [-0.1, -0.05) is 24.8 Å². The zero-order valence-corrected chi connectivity index (χ0v) is 28.4. The first-order valence-electron chi connectivity index (χ1n) is 16.9. The number of carbonyl (C=O) groups excluding carboxylic acids is 1. The molecule has 0 bridgehead atoms. The van der Waals surface area contributed by atoms with Crippen molar-refractivity contribution in [2.24, 2.45) is 0 Å². The molecule has 3 aliphatic rings. The minimum atomic E-state index is -0.323. The molecule has 2 N–H and O–H groups in total. The van der Waals surface area contributed by atoms with Gasteiger partial charge in [0, 0.05) is 75.5 Å². The number of amides is 1. The van der Waals surface area contributed by atoms with Crippen molar-refractivity contribution in [2.45, 2.75) is 58.2 Å². The Morgan fingerprint density at radius 3 is 2.54 bits per heavy atom. The Labute approximate surface area is 282 Å². The minimum Gasteiger partial charge on any atom is -0.494 e. The number of hydrogen-bond donors (Lipinski definition) is 2. The van der Waals surface area contributed by atoms with Crippen molar-refractivity contribution in [1.29, 1.82) is 0 Å². The number of hydroxylamine groups is 1. The quantitative estimate of drug-likeness (QED) is 0.265. The van der Waals surface area contributed by atoms with Gasteiger partial charge in [-0.3, -0.25) is 19.4 Å². The number of ether oxygens (including phenoxy) is 1. The molecule has 3 saturated heterocycles. The first kappa shape index (κ1) is 33.6. The van der Waals surface area contributed by atoms with Gasteiger partial charge in [0.15, 0.2) is 5.82 Å². The van der Waals surface area contributed by atoms with Gasteiger partial charge in [0.25, 0.3) is 0 Å². The molecule has 0 spiro atoms. The number of methoxy groups -OCH3 is 1. The van der Waals surface area contributed by atoms with E-state index in [1.165, 1.54) is 12.4 Å². The topological polar surface area (TPSA) is 98.3 Å². The van der Waals surface area contributed by atoms with E-state index in [4.69, 9.17) is 9.57 Å². The summed E-state index contributed by atoms with van der Waals surface area (Å²) in [6, 6.07) is 11.8. The third-order valence-corrected chi connectivity index (χ3v) is 9.79. The Bertz CT molecular complexity index is 1600. The van der Waals surface area contributed by atoms with Gasteiger partial charge in [-0.05, 0) is 51.3 Å². The smallest absolute Gasteiger partial charge is 0.247 e. The average Bonchev–Trinajstić information content (AvgIpc) is 3.60. The molecule has 0 aliphatic carbocycles.